The molecule has 0 N–H and O–H groups in total. The van der Waals surface area contributed by atoms with E-state index >= 15 is 0 Å². The van der Waals surface area contributed by atoms with Crippen LogP contribution in [0.5, 0.6) is 0 Å². The lowest BCUT2D eigenvalue weighted by molar-refractivity contribution is 0.0748. The summed E-state index contributed by atoms with van der Waals surface area (Å²) in [6, 6.07) is 21.3. The summed E-state index contributed by atoms with van der Waals surface area (Å²) in [5.74, 6) is 1.51. The number of para-hydroxylation sites is 1. The van der Waals surface area contributed by atoms with E-state index in [1.54, 1.807) is 0 Å². The van der Waals surface area contributed by atoms with E-state index in [0.29, 0.717) is 30.1 Å². The molecule has 0 saturated carbocycles. The maximum Gasteiger partial charge on any atom is 0.254 e. The van der Waals surface area contributed by atoms with Crippen LogP contribution >= 0.6 is 11.6 Å². The Morgan fingerprint density at radius 3 is 2.52 bits per heavy atom. The maximum absolute atomic E-state index is 13.5. The minimum Gasteiger partial charge on any atom is -0.460 e. The van der Waals surface area contributed by atoms with Gasteiger partial charge in [-0.3, -0.25) is 4.79 Å². The number of carbonyl (C=O) groups excluding carboxylic acids is 1. The predicted octanol–water partition coefficient (Wildman–Crippen LogP) is 5.42. The average molecular weight is 432 g/mol. The molecular formula is C25H22ClN3O2. The van der Waals surface area contributed by atoms with Gasteiger partial charge in [-0.15, -0.1) is 0 Å². The summed E-state index contributed by atoms with van der Waals surface area (Å²) >= 11 is 6.14. The summed E-state index contributed by atoms with van der Waals surface area (Å²) in [7, 11) is 0. The van der Waals surface area contributed by atoms with Crippen LogP contribution in [0.4, 0.5) is 5.69 Å². The molecular weight excluding hydrogens is 410 g/mol. The van der Waals surface area contributed by atoms with Crippen LogP contribution in [0, 0.1) is 6.92 Å². The van der Waals surface area contributed by atoms with Crippen molar-refractivity contribution in [2.45, 2.75) is 6.92 Å². The Bertz CT molecular complexity index is 1260. The zero-order valence-electron chi connectivity index (χ0n) is 17.2. The largest absolute Gasteiger partial charge is 0.460 e. The van der Waals surface area contributed by atoms with Crippen molar-refractivity contribution in [3.63, 3.8) is 0 Å². The van der Waals surface area contributed by atoms with E-state index in [1.807, 2.05) is 72.5 Å². The lowest BCUT2D eigenvalue weighted by atomic mass is 10.0. The average Bonchev–Trinajstić information content (AvgIpc) is 3.24. The first-order valence-electron chi connectivity index (χ1n) is 10.3. The summed E-state index contributed by atoms with van der Waals surface area (Å²) in [5, 5.41) is 1.58. The number of anilines is 1. The van der Waals surface area contributed by atoms with Crippen molar-refractivity contribution in [1.29, 1.82) is 0 Å². The first-order chi connectivity index (χ1) is 15.1. The van der Waals surface area contributed by atoms with Crippen molar-refractivity contribution in [3.05, 3.63) is 83.1 Å². The van der Waals surface area contributed by atoms with Gasteiger partial charge in [0.05, 0.1) is 11.1 Å². The highest BCUT2D eigenvalue weighted by Crippen LogP contribution is 2.28. The molecule has 0 radical (unpaired) electrons. The lowest BCUT2D eigenvalue weighted by Crippen LogP contribution is -2.48. The first kappa shape index (κ1) is 19.6. The van der Waals surface area contributed by atoms with E-state index < -0.39 is 0 Å². The summed E-state index contributed by atoms with van der Waals surface area (Å²) in [6.07, 6.45) is 0. The van der Waals surface area contributed by atoms with E-state index in [0.717, 1.165) is 40.5 Å². The van der Waals surface area contributed by atoms with Crippen LogP contribution in [0.2, 0.25) is 5.02 Å². The number of fused-ring (bicyclic) bond motifs is 1. The second kappa shape index (κ2) is 8.08. The molecule has 156 valence electrons. The highest BCUT2D eigenvalue weighted by molar-refractivity contribution is 6.30. The number of rotatable bonds is 3. The molecule has 0 bridgehead atoms. The number of aromatic nitrogens is 1. The molecule has 5 nitrogen and oxygen atoms in total. The van der Waals surface area contributed by atoms with Crippen LogP contribution in [0.15, 0.2) is 71.1 Å². The normalized spacial score (nSPS) is 14.3. The standard InChI is InChI=1S/C25H22ClN3O2/c1-17-9-10-24(31-17)23-16-21(20-7-2-3-8-22(20)27-23)25(30)29-13-11-28(12-14-29)19-6-4-5-18(26)15-19/h2-10,15-16H,11-14H2,1H3. The molecule has 1 aliphatic rings. The van der Waals surface area contributed by atoms with Gasteiger partial charge in [0.15, 0.2) is 5.76 Å². The molecule has 5 rings (SSSR count). The second-order valence-corrected chi connectivity index (χ2v) is 8.18. The molecule has 1 amide bonds. The van der Waals surface area contributed by atoms with Crippen molar-refractivity contribution in [3.8, 4) is 11.5 Å². The minimum atomic E-state index is 0.0221. The Morgan fingerprint density at radius 2 is 1.77 bits per heavy atom. The number of benzene rings is 2. The molecule has 6 heteroatoms. The third kappa shape index (κ3) is 3.89. The number of piperazine rings is 1. The molecule has 0 unspecified atom stereocenters. The van der Waals surface area contributed by atoms with Crippen LogP contribution in [-0.2, 0) is 0 Å². The van der Waals surface area contributed by atoms with Gasteiger partial charge in [0.25, 0.3) is 5.91 Å². The van der Waals surface area contributed by atoms with Gasteiger partial charge >= 0.3 is 0 Å². The van der Waals surface area contributed by atoms with Crippen LogP contribution in [-0.4, -0.2) is 42.0 Å². The number of halogens is 1. The molecule has 0 aliphatic carbocycles. The number of aryl methyl sites for hydroxylation is 1. The van der Waals surface area contributed by atoms with Crippen LogP contribution in [0.3, 0.4) is 0 Å². The van der Waals surface area contributed by atoms with Gasteiger partial charge in [-0.1, -0.05) is 35.9 Å². The highest BCUT2D eigenvalue weighted by Gasteiger charge is 2.25. The van der Waals surface area contributed by atoms with Gasteiger partial charge in [-0.05, 0) is 49.4 Å². The topological polar surface area (TPSA) is 49.6 Å². The van der Waals surface area contributed by atoms with E-state index in [-0.39, 0.29) is 5.91 Å². The Morgan fingerprint density at radius 1 is 0.968 bits per heavy atom. The fraction of sp³-hybridized carbons (Fsp3) is 0.200. The van der Waals surface area contributed by atoms with Crippen molar-refractivity contribution in [2.24, 2.45) is 0 Å². The Balaban J connectivity index is 1.43. The third-order valence-corrected chi connectivity index (χ3v) is 5.91. The van der Waals surface area contributed by atoms with Gasteiger partial charge in [-0.25, -0.2) is 4.98 Å². The summed E-state index contributed by atoms with van der Waals surface area (Å²) in [4.78, 5) is 22.4. The van der Waals surface area contributed by atoms with E-state index in [4.69, 9.17) is 21.0 Å². The van der Waals surface area contributed by atoms with Gasteiger partial charge in [0.2, 0.25) is 0 Å². The number of hydrogen-bond donors (Lipinski definition) is 0. The van der Waals surface area contributed by atoms with Gasteiger partial charge in [-0.2, -0.15) is 0 Å². The predicted molar refractivity (Wildman–Crippen MR) is 124 cm³/mol. The molecule has 2 aromatic carbocycles. The molecule has 31 heavy (non-hydrogen) atoms. The molecule has 1 fully saturated rings. The Hall–Kier alpha value is -3.31. The fourth-order valence-electron chi connectivity index (χ4n) is 4.06. The number of hydrogen-bond acceptors (Lipinski definition) is 4. The molecule has 1 saturated heterocycles. The molecule has 0 spiro atoms. The zero-order chi connectivity index (χ0) is 21.4. The SMILES string of the molecule is Cc1ccc(-c2cc(C(=O)N3CCN(c4cccc(Cl)c4)CC3)c3ccccc3n2)o1. The fourth-order valence-corrected chi connectivity index (χ4v) is 4.25. The van der Waals surface area contributed by atoms with Crippen molar-refractivity contribution in [1.82, 2.24) is 9.88 Å². The minimum absolute atomic E-state index is 0.0221. The first-order valence-corrected chi connectivity index (χ1v) is 10.7. The number of pyridine rings is 1. The quantitative estimate of drug-likeness (QED) is 0.434. The third-order valence-electron chi connectivity index (χ3n) is 5.68. The lowest BCUT2D eigenvalue weighted by Gasteiger charge is -2.36. The van der Waals surface area contributed by atoms with Gasteiger partial charge < -0.3 is 14.2 Å². The van der Waals surface area contributed by atoms with Crippen molar-refractivity contribution < 1.29 is 9.21 Å². The zero-order valence-corrected chi connectivity index (χ0v) is 18.0. The van der Waals surface area contributed by atoms with E-state index in [1.165, 1.54) is 0 Å². The highest BCUT2D eigenvalue weighted by atomic mass is 35.5. The van der Waals surface area contributed by atoms with Gasteiger partial charge in [0, 0.05) is 42.3 Å². The number of furan rings is 1. The van der Waals surface area contributed by atoms with E-state index in [9.17, 15) is 4.79 Å². The summed E-state index contributed by atoms with van der Waals surface area (Å²) in [5.41, 5.74) is 3.21. The van der Waals surface area contributed by atoms with Crippen LogP contribution in [0.25, 0.3) is 22.4 Å². The smallest absolute Gasteiger partial charge is 0.254 e. The number of amides is 1. The Kier molecular flexibility index (Phi) is 5.12. The van der Waals surface area contributed by atoms with Crippen LogP contribution in [0.1, 0.15) is 16.1 Å². The Labute approximate surface area is 185 Å². The molecule has 3 heterocycles. The van der Waals surface area contributed by atoms with Crippen molar-refractivity contribution >= 4 is 34.1 Å². The maximum atomic E-state index is 13.5. The monoisotopic (exact) mass is 431 g/mol. The molecule has 2 aromatic heterocycles. The second-order valence-electron chi connectivity index (χ2n) is 7.74. The molecule has 4 aromatic rings. The van der Waals surface area contributed by atoms with E-state index in [2.05, 4.69) is 11.0 Å². The number of carbonyl (C=O) groups is 1. The summed E-state index contributed by atoms with van der Waals surface area (Å²) < 4.78 is 5.77. The summed E-state index contributed by atoms with van der Waals surface area (Å²) in [6.45, 7) is 4.73. The van der Waals surface area contributed by atoms with Crippen molar-refractivity contribution in [2.75, 3.05) is 31.1 Å². The number of nitrogens with zero attached hydrogens (tertiary/aromatic N) is 3. The molecule has 0 atom stereocenters. The van der Waals surface area contributed by atoms with Gasteiger partial charge in [0.1, 0.15) is 11.5 Å². The van der Waals surface area contributed by atoms with Crippen LogP contribution < -0.4 is 4.90 Å². The molecule has 1 aliphatic heterocycles.